The fourth-order valence-corrected chi connectivity index (χ4v) is 3.61. The van der Waals surface area contributed by atoms with E-state index in [1.165, 1.54) is 41.0 Å². The molecule has 0 unspecified atom stereocenters. The Morgan fingerprint density at radius 2 is 1.60 bits per heavy atom. The van der Waals surface area contributed by atoms with E-state index in [0.717, 1.165) is 22.5 Å². The molecule has 0 aromatic heterocycles. The minimum absolute atomic E-state index is 0.273. The molecule has 0 saturated carbocycles. The number of ether oxygens (including phenoxy) is 1. The monoisotopic (exact) mass is 497 g/mol. The Morgan fingerprint density at radius 3 is 2.20 bits per heavy atom. The van der Waals surface area contributed by atoms with Gasteiger partial charge in [0, 0.05) is 17.5 Å². The molecular formula is C27H26F3N3OS. The van der Waals surface area contributed by atoms with Gasteiger partial charge in [0.25, 0.3) is 0 Å². The Labute approximate surface area is 208 Å². The molecule has 182 valence electrons. The van der Waals surface area contributed by atoms with E-state index in [-0.39, 0.29) is 5.75 Å². The van der Waals surface area contributed by atoms with Crippen molar-refractivity contribution in [2.45, 2.75) is 33.6 Å². The molecule has 0 fully saturated rings. The summed E-state index contributed by atoms with van der Waals surface area (Å²) in [5.74, 6) is -0.273. The highest BCUT2D eigenvalue weighted by atomic mass is 32.1. The van der Waals surface area contributed by atoms with Gasteiger partial charge in [-0.15, -0.1) is 13.2 Å². The Bertz CT molecular complexity index is 1200. The topological polar surface area (TPSA) is 46.0 Å². The van der Waals surface area contributed by atoms with E-state index in [4.69, 9.17) is 12.2 Å². The lowest BCUT2D eigenvalue weighted by Crippen LogP contribution is -2.17. The van der Waals surface area contributed by atoms with E-state index in [1.54, 1.807) is 13.1 Å². The molecule has 8 heteroatoms. The van der Waals surface area contributed by atoms with Crippen molar-refractivity contribution >= 4 is 34.7 Å². The molecule has 1 N–H and O–H groups in total. The molecule has 4 nitrogen and oxygen atoms in total. The van der Waals surface area contributed by atoms with E-state index in [0.29, 0.717) is 17.8 Å². The normalized spacial score (nSPS) is 12.1. The summed E-state index contributed by atoms with van der Waals surface area (Å²) >= 11 is 5.53. The number of nitrogens with one attached hydrogen (secondary N) is 1. The van der Waals surface area contributed by atoms with Crippen molar-refractivity contribution in [1.29, 1.82) is 0 Å². The van der Waals surface area contributed by atoms with Crippen LogP contribution in [0.1, 0.15) is 34.7 Å². The average molecular weight is 498 g/mol. The summed E-state index contributed by atoms with van der Waals surface area (Å²) in [6.07, 6.45) is -2.18. The summed E-state index contributed by atoms with van der Waals surface area (Å²) in [6, 6.07) is 19.3. The first-order valence-corrected chi connectivity index (χ1v) is 11.3. The van der Waals surface area contributed by atoms with E-state index < -0.39 is 6.36 Å². The van der Waals surface area contributed by atoms with E-state index in [2.05, 4.69) is 52.3 Å². The van der Waals surface area contributed by atoms with Gasteiger partial charge in [-0.25, -0.2) is 0 Å². The maximum absolute atomic E-state index is 12.3. The summed E-state index contributed by atoms with van der Waals surface area (Å²) < 4.78 is 40.7. The number of rotatable bonds is 9. The van der Waals surface area contributed by atoms with Gasteiger partial charge < -0.3 is 4.74 Å². The molecule has 0 bridgehead atoms. The maximum atomic E-state index is 12.3. The first-order chi connectivity index (χ1) is 16.6. The number of aryl methyl sites for hydroxylation is 2. The highest BCUT2D eigenvalue weighted by Gasteiger charge is 2.30. The van der Waals surface area contributed by atoms with Gasteiger partial charge in [-0.2, -0.15) is 5.10 Å². The quantitative estimate of drug-likeness (QED) is 0.195. The zero-order valence-corrected chi connectivity index (χ0v) is 20.5. The fraction of sp³-hybridized carbons (Fsp3) is 0.222. The Hall–Kier alpha value is -3.52. The van der Waals surface area contributed by atoms with Gasteiger partial charge in [-0.3, -0.25) is 10.4 Å². The second-order valence-corrected chi connectivity index (χ2v) is 8.64. The molecule has 0 amide bonds. The van der Waals surface area contributed by atoms with Gasteiger partial charge in [-0.05, 0) is 85.0 Å². The highest BCUT2D eigenvalue weighted by Crippen LogP contribution is 2.23. The predicted octanol–water partition coefficient (Wildman–Crippen LogP) is 7.07. The van der Waals surface area contributed by atoms with Crippen LogP contribution in [0, 0.1) is 13.8 Å². The number of hydrazone groups is 1. The molecule has 3 aromatic rings. The average Bonchev–Trinajstić information content (AvgIpc) is 2.80. The highest BCUT2D eigenvalue weighted by molar-refractivity contribution is 7.80. The van der Waals surface area contributed by atoms with Crippen LogP contribution >= 0.6 is 12.2 Å². The van der Waals surface area contributed by atoms with Crippen LogP contribution in [0.2, 0.25) is 0 Å². The third kappa shape index (κ3) is 8.33. The SMILES string of the molecule is C/C(=N\Nc1ccc(C=NCC(=S)Cc2c(C)cccc2C)cc1)c1ccc(OC(F)(F)F)cc1. The van der Waals surface area contributed by atoms with Crippen LogP contribution < -0.4 is 10.2 Å². The molecule has 0 atom stereocenters. The number of alkyl halides is 3. The predicted molar refractivity (Wildman–Crippen MR) is 140 cm³/mol. The van der Waals surface area contributed by atoms with Gasteiger partial charge in [0.05, 0.1) is 17.9 Å². The molecule has 0 heterocycles. The lowest BCUT2D eigenvalue weighted by atomic mass is 9.99. The molecule has 0 spiro atoms. The van der Waals surface area contributed by atoms with Crippen molar-refractivity contribution in [3.05, 3.63) is 94.5 Å². The second-order valence-electron chi connectivity index (χ2n) is 8.06. The molecule has 0 aliphatic heterocycles. The maximum Gasteiger partial charge on any atom is 0.573 e. The van der Waals surface area contributed by atoms with Gasteiger partial charge in [-0.1, -0.05) is 42.5 Å². The van der Waals surface area contributed by atoms with Crippen molar-refractivity contribution in [3.63, 3.8) is 0 Å². The minimum atomic E-state index is -4.71. The zero-order chi connectivity index (χ0) is 25.4. The standard InChI is InChI=1S/C27H26F3N3OS/c1-18-5-4-6-19(2)26(18)15-25(35)17-31-16-21-7-11-23(12-8-21)33-32-20(3)22-9-13-24(14-10-22)34-27(28,29)30/h4-14,16,33H,15,17H2,1-3H3/b31-16?,32-20+. The van der Waals surface area contributed by atoms with Crippen LogP contribution in [-0.4, -0.2) is 29.7 Å². The summed E-state index contributed by atoms with van der Waals surface area (Å²) in [5, 5.41) is 4.29. The summed E-state index contributed by atoms with van der Waals surface area (Å²) in [4.78, 5) is 5.36. The lowest BCUT2D eigenvalue weighted by molar-refractivity contribution is -0.274. The van der Waals surface area contributed by atoms with Crippen LogP contribution in [0.3, 0.4) is 0 Å². The van der Waals surface area contributed by atoms with Gasteiger partial charge >= 0.3 is 6.36 Å². The van der Waals surface area contributed by atoms with E-state index in [9.17, 15) is 13.2 Å². The number of nitrogens with zero attached hydrogens (tertiary/aromatic N) is 2. The molecule has 0 aliphatic carbocycles. The number of thiocarbonyl (C=S) groups is 1. The number of hydrogen-bond acceptors (Lipinski definition) is 5. The minimum Gasteiger partial charge on any atom is -0.406 e. The van der Waals surface area contributed by atoms with Crippen molar-refractivity contribution < 1.29 is 17.9 Å². The molecule has 35 heavy (non-hydrogen) atoms. The molecule has 0 radical (unpaired) electrons. The van der Waals surface area contributed by atoms with Crippen molar-refractivity contribution in [1.82, 2.24) is 0 Å². The fourth-order valence-electron chi connectivity index (χ4n) is 3.39. The van der Waals surface area contributed by atoms with Crippen LogP contribution in [0.4, 0.5) is 18.9 Å². The zero-order valence-electron chi connectivity index (χ0n) is 19.7. The van der Waals surface area contributed by atoms with Crippen molar-refractivity contribution in [2.75, 3.05) is 12.0 Å². The van der Waals surface area contributed by atoms with Crippen LogP contribution in [-0.2, 0) is 6.42 Å². The third-order valence-corrected chi connectivity index (χ3v) is 5.57. The van der Waals surface area contributed by atoms with Gasteiger partial charge in [0.1, 0.15) is 5.75 Å². The Morgan fingerprint density at radius 1 is 0.971 bits per heavy atom. The number of anilines is 1. The van der Waals surface area contributed by atoms with E-state index in [1.807, 2.05) is 24.3 Å². The first kappa shape index (κ1) is 26.1. The second kappa shape index (κ2) is 11.8. The largest absolute Gasteiger partial charge is 0.573 e. The Balaban J connectivity index is 1.51. The van der Waals surface area contributed by atoms with Crippen LogP contribution in [0.25, 0.3) is 0 Å². The van der Waals surface area contributed by atoms with Crippen LogP contribution in [0.5, 0.6) is 5.75 Å². The smallest absolute Gasteiger partial charge is 0.406 e. The Kier molecular flexibility index (Phi) is 8.76. The number of hydrogen-bond donors (Lipinski definition) is 1. The number of aliphatic imine (C=N–C) groups is 1. The third-order valence-electron chi connectivity index (χ3n) is 5.30. The van der Waals surface area contributed by atoms with Crippen molar-refractivity contribution in [3.8, 4) is 5.75 Å². The lowest BCUT2D eigenvalue weighted by Gasteiger charge is -2.09. The molecule has 0 saturated heterocycles. The summed E-state index contributed by atoms with van der Waals surface area (Å²) in [6.45, 7) is 6.44. The van der Waals surface area contributed by atoms with Gasteiger partial charge in [0.15, 0.2) is 0 Å². The molecule has 0 aliphatic rings. The first-order valence-electron chi connectivity index (χ1n) is 10.9. The van der Waals surface area contributed by atoms with Gasteiger partial charge in [0.2, 0.25) is 0 Å². The molecule has 3 aromatic carbocycles. The van der Waals surface area contributed by atoms with Crippen molar-refractivity contribution in [2.24, 2.45) is 10.1 Å². The summed E-state index contributed by atoms with van der Waals surface area (Å²) in [5.41, 5.74) is 9.69. The molecular weight excluding hydrogens is 471 g/mol. The molecule has 3 rings (SSSR count). The number of halogens is 3. The van der Waals surface area contributed by atoms with Crippen LogP contribution in [0.15, 0.2) is 76.8 Å². The number of benzene rings is 3. The summed E-state index contributed by atoms with van der Waals surface area (Å²) in [7, 11) is 0. The van der Waals surface area contributed by atoms with E-state index >= 15 is 0 Å².